The summed E-state index contributed by atoms with van der Waals surface area (Å²) < 4.78 is 4.67. The maximum atomic E-state index is 12.5. The van der Waals surface area contributed by atoms with Gasteiger partial charge in [-0.3, -0.25) is 19.3 Å². The number of methoxy groups -OCH3 is 1. The number of hydrogen-bond acceptors (Lipinski definition) is 5. The van der Waals surface area contributed by atoms with Gasteiger partial charge in [-0.1, -0.05) is 36.4 Å². The number of thioether (sulfide) groups is 1. The van der Waals surface area contributed by atoms with E-state index in [4.69, 9.17) is 11.6 Å². The van der Waals surface area contributed by atoms with Crippen LogP contribution in [0.5, 0.6) is 0 Å². The Bertz CT molecular complexity index is 618. The molecule has 0 N–H and O–H groups in total. The van der Waals surface area contributed by atoms with Gasteiger partial charge in [0.1, 0.15) is 6.54 Å². The van der Waals surface area contributed by atoms with Crippen molar-refractivity contribution in [3.63, 3.8) is 0 Å². The summed E-state index contributed by atoms with van der Waals surface area (Å²) in [4.78, 5) is 37.0. The SMILES string of the molecule is CCC(=O)SCC(=O)N(CC(=O)OC)c1c(C)ccc(Cl)c1C. The van der Waals surface area contributed by atoms with Crippen LogP contribution in [0.3, 0.4) is 0 Å². The summed E-state index contributed by atoms with van der Waals surface area (Å²) in [6.45, 7) is 5.13. The minimum atomic E-state index is -0.538. The molecule has 0 saturated carbocycles. The smallest absolute Gasteiger partial charge is 0.325 e. The monoisotopic (exact) mass is 357 g/mol. The first-order valence-corrected chi connectivity index (χ1v) is 8.46. The molecule has 0 radical (unpaired) electrons. The van der Waals surface area contributed by atoms with Crippen LogP contribution in [0.2, 0.25) is 5.02 Å². The van der Waals surface area contributed by atoms with E-state index in [9.17, 15) is 14.4 Å². The van der Waals surface area contributed by atoms with Crippen LogP contribution in [0.15, 0.2) is 12.1 Å². The summed E-state index contributed by atoms with van der Waals surface area (Å²) in [6.07, 6.45) is 0.351. The van der Waals surface area contributed by atoms with Gasteiger partial charge in [0.05, 0.1) is 18.6 Å². The molecule has 0 unspecified atom stereocenters. The Kier molecular flexibility index (Phi) is 7.58. The second kappa shape index (κ2) is 8.93. The Morgan fingerprint density at radius 3 is 2.48 bits per heavy atom. The van der Waals surface area contributed by atoms with Crippen LogP contribution >= 0.6 is 23.4 Å². The Morgan fingerprint density at radius 1 is 1.26 bits per heavy atom. The molecular weight excluding hydrogens is 338 g/mol. The van der Waals surface area contributed by atoms with Crippen LogP contribution in [0.1, 0.15) is 24.5 Å². The second-order valence-corrected chi connectivity index (χ2v) is 6.35. The molecule has 1 rings (SSSR count). The number of esters is 1. The van der Waals surface area contributed by atoms with Crippen LogP contribution in [0.25, 0.3) is 0 Å². The van der Waals surface area contributed by atoms with Gasteiger partial charge in [0.15, 0.2) is 5.12 Å². The Hall–Kier alpha value is -1.53. The van der Waals surface area contributed by atoms with Crippen LogP contribution < -0.4 is 4.90 Å². The summed E-state index contributed by atoms with van der Waals surface area (Å²) in [6, 6.07) is 3.53. The zero-order valence-corrected chi connectivity index (χ0v) is 15.2. The molecule has 0 aliphatic rings. The fraction of sp³-hybridized carbons (Fsp3) is 0.438. The molecule has 1 aromatic carbocycles. The molecule has 0 aliphatic heterocycles. The van der Waals surface area contributed by atoms with Crippen LogP contribution in [-0.4, -0.2) is 36.4 Å². The van der Waals surface area contributed by atoms with Crippen molar-refractivity contribution in [2.75, 3.05) is 24.3 Å². The molecule has 0 spiro atoms. The first-order valence-electron chi connectivity index (χ1n) is 7.10. The van der Waals surface area contributed by atoms with E-state index in [0.717, 1.165) is 17.3 Å². The van der Waals surface area contributed by atoms with E-state index in [2.05, 4.69) is 4.74 Å². The van der Waals surface area contributed by atoms with Gasteiger partial charge < -0.3 is 4.74 Å². The van der Waals surface area contributed by atoms with Gasteiger partial charge >= 0.3 is 5.97 Å². The molecule has 7 heteroatoms. The van der Waals surface area contributed by atoms with Crippen molar-refractivity contribution in [3.8, 4) is 0 Å². The molecule has 0 saturated heterocycles. The molecule has 1 aromatic rings. The lowest BCUT2D eigenvalue weighted by Crippen LogP contribution is -2.38. The number of carbonyl (C=O) groups is 3. The Morgan fingerprint density at radius 2 is 1.91 bits per heavy atom. The van der Waals surface area contributed by atoms with Crippen molar-refractivity contribution in [2.45, 2.75) is 27.2 Å². The molecular formula is C16H20ClNO4S. The quantitative estimate of drug-likeness (QED) is 0.732. The molecule has 0 aliphatic carbocycles. The van der Waals surface area contributed by atoms with Crippen LogP contribution in [0.4, 0.5) is 5.69 Å². The lowest BCUT2D eigenvalue weighted by molar-refractivity contribution is -0.139. The molecule has 23 heavy (non-hydrogen) atoms. The first-order chi connectivity index (χ1) is 10.8. The van der Waals surface area contributed by atoms with Gasteiger partial charge in [-0.15, -0.1) is 0 Å². The van der Waals surface area contributed by atoms with E-state index in [0.29, 0.717) is 22.7 Å². The van der Waals surface area contributed by atoms with E-state index >= 15 is 0 Å². The topological polar surface area (TPSA) is 63.7 Å². The number of hydrogen-bond donors (Lipinski definition) is 0. The number of ether oxygens (including phenoxy) is 1. The van der Waals surface area contributed by atoms with E-state index in [-0.39, 0.29) is 23.3 Å². The number of amides is 1. The average Bonchev–Trinajstić information content (AvgIpc) is 2.54. The van der Waals surface area contributed by atoms with Gasteiger partial charge in [0.2, 0.25) is 5.91 Å². The largest absolute Gasteiger partial charge is 0.468 e. The van der Waals surface area contributed by atoms with Crippen molar-refractivity contribution in [1.29, 1.82) is 0 Å². The fourth-order valence-corrected chi connectivity index (χ4v) is 2.83. The van der Waals surface area contributed by atoms with E-state index in [1.165, 1.54) is 12.0 Å². The number of rotatable bonds is 6. The average molecular weight is 358 g/mol. The number of carbonyl (C=O) groups excluding carboxylic acids is 3. The predicted molar refractivity (Wildman–Crippen MR) is 93.1 cm³/mol. The van der Waals surface area contributed by atoms with Crippen LogP contribution in [0, 0.1) is 13.8 Å². The molecule has 0 aromatic heterocycles. The molecule has 0 fully saturated rings. The third-order valence-corrected chi connectivity index (χ3v) is 4.71. The zero-order valence-electron chi connectivity index (χ0n) is 13.6. The molecule has 0 heterocycles. The summed E-state index contributed by atoms with van der Waals surface area (Å²) in [5, 5.41) is 0.432. The molecule has 5 nitrogen and oxygen atoms in total. The second-order valence-electron chi connectivity index (χ2n) is 4.91. The zero-order chi connectivity index (χ0) is 17.6. The van der Waals surface area contributed by atoms with Crippen LogP contribution in [-0.2, 0) is 19.1 Å². The molecule has 126 valence electrons. The van der Waals surface area contributed by atoms with E-state index in [1.807, 2.05) is 6.92 Å². The highest BCUT2D eigenvalue weighted by atomic mass is 35.5. The summed E-state index contributed by atoms with van der Waals surface area (Å²) >= 11 is 7.08. The molecule has 1 amide bonds. The normalized spacial score (nSPS) is 10.3. The summed E-state index contributed by atoms with van der Waals surface area (Å²) in [7, 11) is 1.26. The number of anilines is 1. The number of nitrogens with zero attached hydrogens (tertiary/aromatic N) is 1. The van der Waals surface area contributed by atoms with Crippen molar-refractivity contribution in [1.82, 2.24) is 0 Å². The number of benzene rings is 1. The summed E-state index contributed by atoms with van der Waals surface area (Å²) in [5.74, 6) is -0.908. The lowest BCUT2D eigenvalue weighted by Gasteiger charge is -2.25. The van der Waals surface area contributed by atoms with E-state index < -0.39 is 5.97 Å². The third-order valence-electron chi connectivity index (χ3n) is 3.30. The predicted octanol–water partition coefficient (Wildman–Crippen LogP) is 3.13. The maximum Gasteiger partial charge on any atom is 0.325 e. The van der Waals surface area contributed by atoms with Crippen molar-refractivity contribution >= 4 is 46.0 Å². The Labute approximate surface area is 145 Å². The van der Waals surface area contributed by atoms with Gasteiger partial charge in [-0.05, 0) is 31.0 Å². The number of halogens is 1. The lowest BCUT2D eigenvalue weighted by atomic mass is 10.1. The Balaban J connectivity index is 3.15. The summed E-state index contributed by atoms with van der Waals surface area (Å²) in [5.41, 5.74) is 2.10. The van der Waals surface area contributed by atoms with Crippen molar-refractivity contribution in [3.05, 3.63) is 28.3 Å². The van der Waals surface area contributed by atoms with Gasteiger partial charge in [-0.2, -0.15) is 0 Å². The van der Waals surface area contributed by atoms with E-state index in [1.54, 1.807) is 26.0 Å². The van der Waals surface area contributed by atoms with Gasteiger partial charge in [-0.25, -0.2) is 0 Å². The van der Waals surface area contributed by atoms with Gasteiger partial charge in [0.25, 0.3) is 0 Å². The standard InChI is InChI=1S/C16H20ClNO4S/c1-5-15(21)23-9-13(19)18(8-14(20)22-4)16-10(2)6-7-12(17)11(16)3/h6-7H,5,8-9H2,1-4H3. The molecule has 0 bridgehead atoms. The number of aryl methyl sites for hydroxylation is 1. The van der Waals surface area contributed by atoms with Crippen molar-refractivity contribution < 1.29 is 19.1 Å². The highest BCUT2D eigenvalue weighted by Crippen LogP contribution is 2.31. The highest BCUT2D eigenvalue weighted by Gasteiger charge is 2.24. The maximum absolute atomic E-state index is 12.5. The van der Waals surface area contributed by atoms with Gasteiger partial charge in [0, 0.05) is 11.4 Å². The van der Waals surface area contributed by atoms with Crippen molar-refractivity contribution in [2.24, 2.45) is 0 Å². The molecule has 0 atom stereocenters. The minimum absolute atomic E-state index is 0.0327. The third kappa shape index (κ3) is 5.25. The first kappa shape index (κ1) is 19.5. The minimum Gasteiger partial charge on any atom is -0.468 e. The highest BCUT2D eigenvalue weighted by molar-refractivity contribution is 8.14. The fourth-order valence-electron chi connectivity index (χ4n) is 2.03.